The van der Waals surface area contributed by atoms with E-state index in [1.807, 2.05) is 24.4 Å². The molecule has 0 bridgehead atoms. The summed E-state index contributed by atoms with van der Waals surface area (Å²) in [6.07, 6.45) is 4.45. The van der Waals surface area contributed by atoms with Gasteiger partial charge in [-0.15, -0.1) is 0 Å². The second-order valence-electron chi connectivity index (χ2n) is 7.61. The van der Waals surface area contributed by atoms with Gasteiger partial charge in [0.25, 0.3) is 0 Å². The first kappa shape index (κ1) is 18.7. The molecule has 146 valence electrons. The summed E-state index contributed by atoms with van der Waals surface area (Å²) in [5.74, 6) is 0. The molecule has 0 unspecified atom stereocenters. The number of pyridine rings is 1. The number of hydrogen-bond donors (Lipinski definition) is 2. The topological polar surface area (TPSA) is 63.4 Å². The lowest BCUT2D eigenvalue weighted by Crippen LogP contribution is -2.34. The molecule has 4 rings (SSSR count). The molecule has 5 nitrogen and oxygen atoms in total. The van der Waals surface area contributed by atoms with E-state index < -0.39 is 0 Å². The fourth-order valence-corrected chi connectivity index (χ4v) is 3.64. The lowest BCUT2D eigenvalue weighted by molar-refractivity contribution is 0.000765. The number of hydrogen-bond acceptors (Lipinski definition) is 5. The molecule has 0 aliphatic carbocycles. The Hall–Kier alpha value is -2.63. The van der Waals surface area contributed by atoms with Crippen molar-refractivity contribution >= 4 is 22.1 Å². The Labute approximate surface area is 166 Å². The van der Waals surface area contributed by atoms with E-state index in [4.69, 9.17) is 10.5 Å². The average molecular weight is 377 g/mol. The van der Waals surface area contributed by atoms with E-state index in [-0.39, 0.29) is 0 Å². The molecule has 1 aliphatic heterocycles. The SMILES string of the molecule is CN1CCC(OCc2ccc(NCc3ccc4c(N)cccc4c3)cn2)CC1. The zero-order chi connectivity index (χ0) is 19.3. The van der Waals surface area contributed by atoms with Gasteiger partial charge in [0.05, 0.1) is 30.3 Å². The number of piperidine rings is 1. The minimum absolute atomic E-state index is 0.359. The second kappa shape index (κ2) is 8.59. The van der Waals surface area contributed by atoms with E-state index in [0.717, 1.165) is 54.9 Å². The van der Waals surface area contributed by atoms with Crippen LogP contribution in [0.5, 0.6) is 0 Å². The highest BCUT2D eigenvalue weighted by atomic mass is 16.5. The van der Waals surface area contributed by atoms with E-state index in [1.54, 1.807) is 0 Å². The number of nitrogens with one attached hydrogen (secondary N) is 1. The van der Waals surface area contributed by atoms with Crippen molar-refractivity contribution in [1.82, 2.24) is 9.88 Å². The smallest absolute Gasteiger partial charge is 0.0891 e. The van der Waals surface area contributed by atoms with Gasteiger partial charge in [-0.05, 0) is 55.1 Å². The zero-order valence-electron chi connectivity index (χ0n) is 16.4. The van der Waals surface area contributed by atoms with Crippen LogP contribution in [0, 0.1) is 0 Å². The summed E-state index contributed by atoms with van der Waals surface area (Å²) < 4.78 is 6.02. The van der Waals surface area contributed by atoms with Crippen LogP contribution in [-0.4, -0.2) is 36.1 Å². The lowest BCUT2D eigenvalue weighted by atomic mass is 10.1. The van der Waals surface area contributed by atoms with Crippen molar-refractivity contribution in [3.63, 3.8) is 0 Å². The first-order valence-corrected chi connectivity index (χ1v) is 9.93. The second-order valence-corrected chi connectivity index (χ2v) is 7.61. The number of fused-ring (bicyclic) bond motifs is 1. The molecule has 0 radical (unpaired) electrons. The van der Waals surface area contributed by atoms with Crippen molar-refractivity contribution < 1.29 is 4.74 Å². The molecule has 2 heterocycles. The summed E-state index contributed by atoms with van der Waals surface area (Å²) in [6.45, 7) is 3.56. The van der Waals surface area contributed by atoms with Crippen LogP contribution in [0.15, 0.2) is 54.7 Å². The van der Waals surface area contributed by atoms with Gasteiger partial charge in [0.2, 0.25) is 0 Å². The van der Waals surface area contributed by atoms with Crippen LogP contribution in [0.3, 0.4) is 0 Å². The minimum atomic E-state index is 0.359. The van der Waals surface area contributed by atoms with E-state index in [1.165, 1.54) is 10.9 Å². The Kier molecular flexibility index (Phi) is 5.74. The van der Waals surface area contributed by atoms with Gasteiger partial charge in [0, 0.05) is 30.7 Å². The van der Waals surface area contributed by atoms with Crippen LogP contribution < -0.4 is 11.1 Å². The number of rotatable bonds is 6. The van der Waals surface area contributed by atoms with Gasteiger partial charge in [0.15, 0.2) is 0 Å². The number of nitrogens with zero attached hydrogens (tertiary/aromatic N) is 2. The first-order chi connectivity index (χ1) is 13.7. The molecule has 1 saturated heterocycles. The number of aromatic nitrogens is 1. The van der Waals surface area contributed by atoms with Crippen molar-refractivity contribution in [2.75, 3.05) is 31.2 Å². The molecule has 28 heavy (non-hydrogen) atoms. The van der Waals surface area contributed by atoms with Crippen LogP contribution in [0.2, 0.25) is 0 Å². The summed E-state index contributed by atoms with van der Waals surface area (Å²) in [5, 5.41) is 5.70. The maximum atomic E-state index is 6.03. The molecule has 3 aromatic rings. The highest BCUT2D eigenvalue weighted by molar-refractivity contribution is 5.93. The quantitative estimate of drug-likeness (QED) is 0.636. The number of nitrogen functional groups attached to an aromatic ring is 1. The standard InChI is InChI=1S/C23H28N4O/c1-27-11-9-21(10-12-27)28-16-20-7-6-19(15-26-20)25-14-17-5-8-22-18(13-17)3-2-4-23(22)24/h2-8,13,15,21,25H,9-12,14,16,24H2,1H3. The number of likely N-dealkylation sites (tertiary alicyclic amines) is 1. The van der Waals surface area contributed by atoms with E-state index in [9.17, 15) is 0 Å². The Morgan fingerprint density at radius 3 is 2.79 bits per heavy atom. The summed E-state index contributed by atoms with van der Waals surface area (Å²) in [7, 11) is 2.16. The molecule has 0 amide bonds. The predicted molar refractivity (Wildman–Crippen MR) is 115 cm³/mol. The summed E-state index contributed by atoms with van der Waals surface area (Å²) >= 11 is 0. The van der Waals surface area contributed by atoms with Gasteiger partial charge < -0.3 is 20.7 Å². The molecule has 1 aromatic heterocycles. The van der Waals surface area contributed by atoms with Crippen molar-refractivity contribution in [3.8, 4) is 0 Å². The molecule has 0 spiro atoms. The summed E-state index contributed by atoms with van der Waals surface area (Å²) in [6, 6.07) is 16.5. The summed E-state index contributed by atoms with van der Waals surface area (Å²) in [5.41, 5.74) is 10.0. The largest absolute Gasteiger partial charge is 0.398 e. The van der Waals surface area contributed by atoms with Crippen LogP contribution in [0.25, 0.3) is 10.8 Å². The van der Waals surface area contributed by atoms with Gasteiger partial charge in [-0.25, -0.2) is 0 Å². The zero-order valence-corrected chi connectivity index (χ0v) is 16.4. The van der Waals surface area contributed by atoms with Gasteiger partial charge in [-0.1, -0.05) is 24.3 Å². The highest BCUT2D eigenvalue weighted by Crippen LogP contribution is 2.22. The van der Waals surface area contributed by atoms with Crippen LogP contribution in [0.4, 0.5) is 11.4 Å². The van der Waals surface area contributed by atoms with Gasteiger partial charge in [-0.3, -0.25) is 4.98 Å². The maximum Gasteiger partial charge on any atom is 0.0891 e. The summed E-state index contributed by atoms with van der Waals surface area (Å²) in [4.78, 5) is 6.89. The first-order valence-electron chi connectivity index (χ1n) is 9.93. The van der Waals surface area contributed by atoms with Crippen LogP contribution in [-0.2, 0) is 17.9 Å². The van der Waals surface area contributed by atoms with Gasteiger partial charge >= 0.3 is 0 Å². The fourth-order valence-electron chi connectivity index (χ4n) is 3.64. The number of anilines is 2. The molecular weight excluding hydrogens is 348 g/mol. The molecule has 2 aromatic carbocycles. The molecule has 1 aliphatic rings. The fraction of sp³-hybridized carbons (Fsp3) is 0.348. The van der Waals surface area contributed by atoms with Gasteiger partial charge in [0.1, 0.15) is 0 Å². The lowest BCUT2D eigenvalue weighted by Gasteiger charge is -2.28. The van der Waals surface area contributed by atoms with E-state index in [0.29, 0.717) is 12.7 Å². The molecule has 0 saturated carbocycles. The number of ether oxygens (including phenoxy) is 1. The maximum absolute atomic E-state index is 6.03. The number of nitrogens with two attached hydrogens (primary N) is 1. The number of benzene rings is 2. The Morgan fingerprint density at radius 1 is 1.14 bits per heavy atom. The monoisotopic (exact) mass is 376 g/mol. The molecule has 5 heteroatoms. The third-order valence-electron chi connectivity index (χ3n) is 5.43. The minimum Gasteiger partial charge on any atom is -0.398 e. The third kappa shape index (κ3) is 4.61. The van der Waals surface area contributed by atoms with E-state index in [2.05, 4.69) is 52.6 Å². The Bertz CT molecular complexity index is 918. The third-order valence-corrected chi connectivity index (χ3v) is 5.43. The highest BCUT2D eigenvalue weighted by Gasteiger charge is 2.17. The van der Waals surface area contributed by atoms with Crippen molar-refractivity contribution in [1.29, 1.82) is 0 Å². The molecule has 0 atom stereocenters. The average Bonchev–Trinajstić information content (AvgIpc) is 2.73. The van der Waals surface area contributed by atoms with Crippen molar-refractivity contribution in [2.24, 2.45) is 0 Å². The van der Waals surface area contributed by atoms with Crippen LogP contribution >= 0.6 is 0 Å². The van der Waals surface area contributed by atoms with E-state index >= 15 is 0 Å². The predicted octanol–water partition coefficient (Wildman–Crippen LogP) is 4.04. The molecule has 3 N–H and O–H groups in total. The Morgan fingerprint density at radius 2 is 2.00 bits per heavy atom. The van der Waals surface area contributed by atoms with Crippen LogP contribution in [0.1, 0.15) is 24.1 Å². The van der Waals surface area contributed by atoms with Crippen molar-refractivity contribution in [3.05, 3.63) is 66.0 Å². The molecular formula is C23H28N4O. The normalized spacial score (nSPS) is 15.8. The Balaban J connectivity index is 1.30. The molecule has 1 fully saturated rings. The van der Waals surface area contributed by atoms with Crippen molar-refractivity contribution in [2.45, 2.75) is 32.1 Å². The van der Waals surface area contributed by atoms with Gasteiger partial charge in [-0.2, -0.15) is 0 Å².